The molecule has 2 amide bonds. The summed E-state index contributed by atoms with van der Waals surface area (Å²) in [6.07, 6.45) is -0.363. The molecule has 4 N–H and O–H groups in total. The van der Waals surface area contributed by atoms with E-state index in [-0.39, 0.29) is 57.8 Å². The minimum Gasteiger partial charge on any atom is -0.493 e. The number of rotatable bonds is 12. The second kappa shape index (κ2) is 14.4. The van der Waals surface area contributed by atoms with Gasteiger partial charge in [-0.3, -0.25) is 9.59 Å². The fourth-order valence-corrected chi connectivity index (χ4v) is 5.78. The zero-order valence-electron chi connectivity index (χ0n) is 23.8. The summed E-state index contributed by atoms with van der Waals surface area (Å²) in [5, 5.41) is 33.3. The second-order valence-corrected chi connectivity index (χ2v) is 11.8. The predicted octanol–water partition coefficient (Wildman–Crippen LogP) is 2.51. The number of fused-ring (bicyclic) bond motifs is 1. The first-order valence-electron chi connectivity index (χ1n) is 13.7. The van der Waals surface area contributed by atoms with Gasteiger partial charge in [0, 0.05) is 31.5 Å². The molecule has 4 rings (SSSR count). The van der Waals surface area contributed by atoms with Crippen LogP contribution in [0.3, 0.4) is 0 Å². The number of carbonyl (C=O) groups excluding carboxylic acids is 2. The van der Waals surface area contributed by atoms with Gasteiger partial charge in [0.1, 0.15) is 12.2 Å². The highest BCUT2D eigenvalue weighted by Crippen LogP contribution is 2.38. The van der Waals surface area contributed by atoms with Crippen LogP contribution in [0.4, 0.5) is 0 Å². The normalized spacial score (nSPS) is 19.3. The van der Waals surface area contributed by atoms with Gasteiger partial charge in [-0.15, -0.1) is 0 Å². The Balaban J connectivity index is 1.72. The Hall–Kier alpha value is -3.07. The van der Waals surface area contributed by atoms with Crippen molar-refractivity contribution in [3.8, 4) is 23.0 Å². The standard InChI is InChI=1S/C30H37IN2O9/c1-17(2)8-27(36)33(14-18-4-5-23-24(10-18)41-16-40-23)22-12-20(30(38)32-6-7-34)13-25(28(22)37)42-29-21(31)9-19(15-35)11-26(29)39-3/h4-5,9-11,13,17,22,25,28,34-35,37H,6-8,12,14-16H2,1-3H3,(H,32,38). The van der Waals surface area contributed by atoms with Crippen molar-refractivity contribution < 1.29 is 43.9 Å². The van der Waals surface area contributed by atoms with Crippen molar-refractivity contribution in [2.75, 3.05) is 27.1 Å². The number of aliphatic hydroxyl groups is 3. The summed E-state index contributed by atoms with van der Waals surface area (Å²) in [5.74, 6) is 1.34. The number of amides is 2. The lowest BCUT2D eigenvalue weighted by Gasteiger charge is -2.41. The molecule has 0 saturated heterocycles. The molecule has 2 aliphatic rings. The van der Waals surface area contributed by atoms with Crippen molar-refractivity contribution in [1.29, 1.82) is 0 Å². The van der Waals surface area contributed by atoms with Crippen LogP contribution in [0.2, 0.25) is 0 Å². The van der Waals surface area contributed by atoms with Crippen molar-refractivity contribution in [2.24, 2.45) is 5.92 Å². The van der Waals surface area contributed by atoms with Gasteiger partial charge in [0.2, 0.25) is 18.6 Å². The third kappa shape index (κ3) is 7.46. The smallest absolute Gasteiger partial charge is 0.247 e. The zero-order chi connectivity index (χ0) is 30.4. The number of benzene rings is 2. The number of aliphatic hydroxyl groups excluding tert-OH is 3. The monoisotopic (exact) mass is 696 g/mol. The van der Waals surface area contributed by atoms with Crippen LogP contribution >= 0.6 is 22.6 Å². The van der Waals surface area contributed by atoms with Gasteiger partial charge in [-0.1, -0.05) is 19.9 Å². The molecule has 0 bridgehead atoms. The highest BCUT2D eigenvalue weighted by atomic mass is 127. The molecule has 0 radical (unpaired) electrons. The fraction of sp³-hybridized carbons (Fsp3) is 0.467. The van der Waals surface area contributed by atoms with Crippen LogP contribution < -0.4 is 24.3 Å². The SMILES string of the molecule is COc1cc(CO)cc(I)c1OC1C=C(C(=O)NCCO)CC(N(Cc2ccc3c(c2)OCO3)C(=O)CC(C)C)C1O. The number of nitrogens with one attached hydrogen (secondary N) is 1. The number of methoxy groups -OCH3 is 1. The molecule has 228 valence electrons. The third-order valence-corrected chi connectivity index (χ3v) is 7.83. The van der Waals surface area contributed by atoms with E-state index < -0.39 is 24.2 Å². The lowest BCUT2D eigenvalue weighted by Crippen LogP contribution is -2.55. The summed E-state index contributed by atoms with van der Waals surface area (Å²) in [5.41, 5.74) is 1.72. The van der Waals surface area contributed by atoms with E-state index in [0.717, 1.165) is 5.56 Å². The van der Waals surface area contributed by atoms with Crippen molar-refractivity contribution in [3.05, 3.63) is 56.7 Å². The first-order chi connectivity index (χ1) is 20.1. The number of halogens is 1. The number of nitrogens with zero attached hydrogens (tertiary/aromatic N) is 1. The average Bonchev–Trinajstić information content (AvgIpc) is 3.44. The molecule has 0 fully saturated rings. The van der Waals surface area contributed by atoms with E-state index in [1.54, 1.807) is 29.2 Å². The van der Waals surface area contributed by atoms with Gasteiger partial charge in [-0.25, -0.2) is 0 Å². The Labute approximate surface area is 258 Å². The van der Waals surface area contributed by atoms with E-state index in [4.69, 9.17) is 18.9 Å². The molecule has 1 aliphatic heterocycles. The first-order valence-corrected chi connectivity index (χ1v) is 14.8. The van der Waals surface area contributed by atoms with Crippen molar-refractivity contribution >= 4 is 34.4 Å². The maximum absolute atomic E-state index is 13.7. The predicted molar refractivity (Wildman–Crippen MR) is 161 cm³/mol. The summed E-state index contributed by atoms with van der Waals surface area (Å²) < 4.78 is 23.4. The lowest BCUT2D eigenvalue weighted by atomic mass is 9.87. The lowest BCUT2D eigenvalue weighted by molar-refractivity contribution is -0.140. The van der Waals surface area contributed by atoms with Crippen LogP contribution in [0.1, 0.15) is 37.8 Å². The largest absolute Gasteiger partial charge is 0.493 e. The van der Waals surface area contributed by atoms with E-state index in [1.165, 1.54) is 7.11 Å². The molecule has 1 heterocycles. The molecule has 0 aromatic heterocycles. The second-order valence-electron chi connectivity index (χ2n) is 10.6. The molecule has 2 aromatic carbocycles. The van der Waals surface area contributed by atoms with Crippen LogP contribution in [-0.2, 0) is 22.7 Å². The molecule has 42 heavy (non-hydrogen) atoms. The van der Waals surface area contributed by atoms with Crippen LogP contribution in [-0.4, -0.2) is 77.3 Å². The van der Waals surface area contributed by atoms with Crippen LogP contribution in [0, 0.1) is 9.49 Å². The number of carbonyl (C=O) groups is 2. The molecule has 3 unspecified atom stereocenters. The van der Waals surface area contributed by atoms with E-state index in [1.807, 2.05) is 26.0 Å². The van der Waals surface area contributed by atoms with Crippen LogP contribution in [0.5, 0.6) is 23.0 Å². The van der Waals surface area contributed by atoms with E-state index >= 15 is 0 Å². The summed E-state index contributed by atoms with van der Waals surface area (Å²) in [6.45, 7) is 3.79. The van der Waals surface area contributed by atoms with Crippen LogP contribution in [0.15, 0.2) is 42.0 Å². The highest BCUT2D eigenvalue weighted by Gasteiger charge is 2.41. The minimum atomic E-state index is -1.21. The first kappa shape index (κ1) is 31.9. The van der Waals surface area contributed by atoms with Gasteiger partial charge in [0.15, 0.2) is 23.0 Å². The van der Waals surface area contributed by atoms with Gasteiger partial charge in [0.05, 0.1) is 29.9 Å². The van der Waals surface area contributed by atoms with Crippen molar-refractivity contribution in [3.63, 3.8) is 0 Å². The Morgan fingerprint density at radius 2 is 1.90 bits per heavy atom. The topological polar surface area (TPSA) is 147 Å². The quantitative estimate of drug-likeness (QED) is 0.246. The molecule has 2 aromatic rings. The number of hydrogen-bond donors (Lipinski definition) is 4. The van der Waals surface area contributed by atoms with Gasteiger partial charge >= 0.3 is 0 Å². The number of ether oxygens (including phenoxy) is 4. The van der Waals surface area contributed by atoms with Crippen molar-refractivity contribution in [2.45, 2.75) is 58.1 Å². The Morgan fingerprint density at radius 1 is 1.14 bits per heavy atom. The highest BCUT2D eigenvalue weighted by molar-refractivity contribution is 14.1. The van der Waals surface area contributed by atoms with E-state index in [9.17, 15) is 24.9 Å². The van der Waals surface area contributed by atoms with Crippen LogP contribution in [0.25, 0.3) is 0 Å². The molecular weight excluding hydrogens is 659 g/mol. The third-order valence-electron chi connectivity index (χ3n) is 7.03. The van der Waals surface area contributed by atoms with Gasteiger partial charge in [0.25, 0.3) is 0 Å². The van der Waals surface area contributed by atoms with E-state index in [0.29, 0.717) is 37.7 Å². The maximum Gasteiger partial charge on any atom is 0.247 e. The molecule has 11 nitrogen and oxygen atoms in total. The van der Waals surface area contributed by atoms with E-state index in [2.05, 4.69) is 27.9 Å². The van der Waals surface area contributed by atoms with Crippen molar-refractivity contribution in [1.82, 2.24) is 10.2 Å². The summed E-state index contributed by atoms with van der Waals surface area (Å²) in [7, 11) is 1.47. The molecular formula is C30H37IN2O9. The van der Waals surface area contributed by atoms with Gasteiger partial charge in [-0.2, -0.15) is 0 Å². The maximum atomic E-state index is 13.7. The Bertz CT molecular complexity index is 1320. The molecule has 0 spiro atoms. The Morgan fingerprint density at radius 3 is 2.60 bits per heavy atom. The summed E-state index contributed by atoms with van der Waals surface area (Å²) in [6, 6.07) is 7.99. The number of hydrogen-bond acceptors (Lipinski definition) is 9. The molecule has 1 aliphatic carbocycles. The molecule has 0 saturated carbocycles. The molecule has 12 heteroatoms. The minimum absolute atomic E-state index is 0.0520. The summed E-state index contributed by atoms with van der Waals surface area (Å²) in [4.78, 5) is 28.4. The Kier molecular flexibility index (Phi) is 10.9. The fourth-order valence-electron chi connectivity index (χ4n) is 4.99. The zero-order valence-corrected chi connectivity index (χ0v) is 26.0. The molecule has 3 atom stereocenters. The average molecular weight is 697 g/mol. The summed E-state index contributed by atoms with van der Waals surface area (Å²) >= 11 is 2.06. The van der Waals surface area contributed by atoms with Gasteiger partial charge < -0.3 is 44.5 Å². The van der Waals surface area contributed by atoms with Gasteiger partial charge in [-0.05, 0) is 70.0 Å².